The van der Waals surface area contributed by atoms with Gasteiger partial charge in [-0.25, -0.2) is 0 Å². The Morgan fingerprint density at radius 2 is 1.82 bits per heavy atom. The summed E-state index contributed by atoms with van der Waals surface area (Å²) in [7, 11) is 3.17. The first-order chi connectivity index (χ1) is 10.6. The van der Waals surface area contributed by atoms with Crippen LogP contribution in [0.4, 0.5) is 0 Å². The zero-order chi connectivity index (χ0) is 15.9. The van der Waals surface area contributed by atoms with Crippen LogP contribution in [-0.2, 0) is 17.8 Å². The molecular formula is C17H18ClNO3. The molecule has 1 amide bonds. The van der Waals surface area contributed by atoms with Crippen LogP contribution in [0.25, 0.3) is 0 Å². The minimum Gasteiger partial charge on any atom is -0.497 e. The van der Waals surface area contributed by atoms with Crippen LogP contribution in [0.3, 0.4) is 0 Å². The average molecular weight is 320 g/mol. The normalized spacial score (nSPS) is 10.1. The molecule has 0 aliphatic carbocycles. The number of rotatable bonds is 6. The third-order valence-corrected chi connectivity index (χ3v) is 3.49. The Bertz CT molecular complexity index is 641. The molecule has 0 atom stereocenters. The van der Waals surface area contributed by atoms with Crippen LogP contribution in [0.2, 0.25) is 5.02 Å². The lowest BCUT2D eigenvalue weighted by atomic mass is 10.1. The highest BCUT2D eigenvalue weighted by Gasteiger charge is 2.10. The second-order valence-corrected chi connectivity index (χ2v) is 5.19. The summed E-state index contributed by atoms with van der Waals surface area (Å²) < 4.78 is 10.4. The monoisotopic (exact) mass is 319 g/mol. The molecule has 22 heavy (non-hydrogen) atoms. The molecule has 0 radical (unpaired) electrons. The molecule has 116 valence electrons. The van der Waals surface area contributed by atoms with Gasteiger partial charge in [0.1, 0.15) is 11.5 Å². The lowest BCUT2D eigenvalue weighted by Crippen LogP contribution is -2.24. The van der Waals surface area contributed by atoms with Crippen molar-refractivity contribution in [2.45, 2.75) is 13.0 Å². The van der Waals surface area contributed by atoms with Gasteiger partial charge in [-0.2, -0.15) is 0 Å². The molecule has 0 aliphatic rings. The van der Waals surface area contributed by atoms with Crippen molar-refractivity contribution < 1.29 is 14.3 Å². The molecule has 0 aliphatic heterocycles. The van der Waals surface area contributed by atoms with Gasteiger partial charge in [-0.1, -0.05) is 23.7 Å². The molecule has 2 aromatic rings. The Kier molecular flexibility index (Phi) is 5.67. The van der Waals surface area contributed by atoms with E-state index < -0.39 is 0 Å². The fraction of sp³-hybridized carbons (Fsp3) is 0.235. The molecule has 0 spiro atoms. The van der Waals surface area contributed by atoms with Gasteiger partial charge < -0.3 is 14.8 Å². The SMILES string of the molecule is COc1ccc(OC)c(CC(=O)NCc2ccc(Cl)cc2)c1. The van der Waals surface area contributed by atoms with Gasteiger partial charge in [-0.3, -0.25) is 4.79 Å². The van der Waals surface area contributed by atoms with E-state index in [9.17, 15) is 4.79 Å². The van der Waals surface area contributed by atoms with E-state index in [2.05, 4.69) is 5.32 Å². The summed E-state index contributed by atoms with van der Waals surface area (Å²) in [5.41, 5.74) is 1.78. The number of hydrogen-bond donors (Lipinski definition) is 1. The standard InChI is InChI=1S/C17H18ClNO3/c1-21-15-7-8-16(22-2)13(9-15)10-17(20)19-11-12-3-5-14(18)6-4-12/h3-9H,10-11H2,1-2H3,(H,19,20). The molecule has 5 heteroatoms. The smallest absolute Gasteiger partial charge is 0.224 e. The third kappa shape index (κ3) is 4.40. The molecule has 4 nitrogen and oxygen atoms in total. The van der Waals surface area contributed by atoms with Gasteiger partial charge in [0, 0.05) is 17.1 Å². The van der Waals surface area contributed by atoms with E-state index in [-0.39, 0.29) is 12.3 Å². The Morgan fingerprint density at radius 3 is 2.45 bits per heavy atom. The summed E-state index contributed by atoms with van der Waals surface area (Å²) in [6.07, 6.45) is 0.230. The summed E-state index contributed by atoms with van der Waals surface area (Å²) >= 11 is 5.83. The van der Waals surface area contributed by atoms with Crippen LogP contribution >= 0.6 is 11.6 Å². The summed E-state index contributed by atoms with van der Waals surface area (Å²) in [5.74, 6) is 1.28. The number of nitrogens with one attached hydrogen (secondary N) is 1. The van der Waals surface area contributed by atoms with E-state index in [0.717, 1.165) is 11.1 Å². The number of amides is 1. The Labute approximate surface area is 135 Å². The molecule has 0 unspecified atom stereocenters. The van der Waals surface area contributed by atoms with E-state index in [0.29, 0.717) is 23.1 Å². The topological polar surface area (TPSA) is 47.6 Å². The van der Waals surface area contributed by atoms with Crippen molar-refractivity contribution in [1.29, 1.82) is 0 Å². The van der Waals surface area contributed by atoms with Gasteiger partial charge >= 0.3 is 0 Å². The fourth-order valence-corrected chi connectivity index (χ4v) is 2.18. The second-order valence-electron chi connectivity index (χ2n) is 4.76. The maximum Gasteiger partial charge on any atom is 0.224 e. The van der Waals surface area contributed by atoms with E-state index in [4.69, 9.17) is 21.1 Å². The number of ether oxygens (including phenoxy) is 2. The van der Waals surface area contributed by atoms with Gasteiger partial charge in [0.2, 0.25) is 5.91 Å². The number of halogens is 1. The molecule has 0 heterocycles. The molecule has 0 aromatic heterocycles. The van der Waals surface area contributed by atoms with Gasteiger partial charge in [-0.15, -0.1) is 0 Å². The molecular weight excluding hydrogens is 302 g/mol. The second kappa shape index (κ2) is 7.71. The van der Waals surface area contributed by atoms with Crippen LogP contribution < -0.4 is 14.8 Å². The zero-order valence-electron chi connectivity index (χ0n) is 12.6. The third-order valence-electron chi connectivity index (χ3n) is 3.24. The molecule has 1 N–H and O–H groups in total. The van der Waals surface area contributed by atoms with E-state index in [1.54, 1.807) is 44.6 Å². The van der Waals surface area contributed by atoms with E-state index in [1.807, 2.05) is 12.1 Å². The van der Waals surface area contributed by atoms with Crippen molar-refractivity contribution in [1.82, 2.24) is 5.32 Å². The predicted octanol–water partition coefficient (Wildman–Crippen LogP) is 3.22. The Hall–Kier alpha value is -2.20. The fourth-order valence-electron chi connectivity index (χ4n) is 2.06. The van der Waals surface area contributed by atoms with E-state index >= 15 is 0 Å². The number of carbonyl (C=O) groups is 1. The first-order valence-electron chi connectivity index (χ1n) is 6.84. The lowest BCUT2D eigenvalue weighted by molar-refractivity contribution is -0.120. The summed E-state index contributed by atoms with van der Waals surface area (Å²) in [6.45, 7) is 0.461. The highest BCUT2D eigenvalue weighted by molar-refractivity contribution is 6.30. The van der Waals surface area contributed by atoms with Crippen LogP contribution in [0, 0.1) is 0 Å². The number of carbonyl (C=O) groups excluding carboxylic acids is 1. The molecule has 0 fully saturated rings. The highest BCUT2D eigenvalue weighted by atomic mass is 35.5. The summed E-state index contributed by atoms with van der Waals surface area (Å²) in [4.78, 5) is 12.1. The van der Waals surface area contributed by atoms with Gasteiger partial charge in [0.15, 0.2) is 0 Å². The lowest BCUT2D eigenvalue weighted by Gasteiger charge is -2.11. The van der Waals surface area contributed by atoms with Gasteiger partial charge in [0.25, 0.3) is 0 Å². The quantitative estimate of drug-likeness (QED) is 0.889. The van der Waals surface area contributed by atoms with Crippen molar-refractivity contribution in [3.63, 3.8) is 0 Å². The Morgan fingerprint density at radius 1 is 1.09 bits per heavy atom. The van der Waals surface area contributed by atoms with Crippen molar-refractivity contribution in [3.8, 4) is 11.5 Å². The van der Waals surface area contributed by atoms with Crippen LogP contribution in [0.5, 0.6) is 11.5 Å². The highest BCUT2D eigenvalue weighted by Crippen LogP contribution is 2.24. The summed E-state index contributed by atoms with van der Waals surface area (Å²) in [6, 6.07) is 12.8. The zero-order valence-corrected chi connectivity index (χ0v) is 13.3. The first kappa shape index (κ1) is 16.2. The maximum atomic E-state index is 12.1. The van der Waals surface area contributed by atoms with Crippen molar-refractivity contribution in [2.24, 2.45) is 0 Å². The van der Waals surface area contributed by atoms with Crippen molar-refractivity contribution in [3.05, 3.63) is 58.6 Å². The number of methoxy groups -OCH3 is 2. The number of benzene rings is 2. The van der Waals surface area contributed by atoms with Crippen molar-refractivity contribution in [2.75, 3.05) is 14.2 Å². The van der Waals surface area contributed by atoms with Crippen LogP contribution in [0.15, 0.2) is 42.5 Å². The summed E-state index contributed by atoms with van der Waals surface area (Å²) in [5, 5.41) is 3.55. The largest absolute Gasteiger partial charge is 0.497 e. The maximum absolute atomic E-state index is 12.1. The van der Waals surface area contributed by atoms with Gasteiger partial charge in [0.05, 0.1) is 20.6 Å². The van der Waals surface area contributed by atoms with Crippen LogP contribution in [0.1, 0.15) is 11.1 Å². The number of hydrogen-bond acceptors (Lipinski definition) is 3. The minimum atomic E-state index is -0.0819. The molecule has 2 rings (SSSR count). The molecule has 0 saturated heterocycles. The van der Waals surface area contributed by atoms with Gasteiger partial charge in [-0.05, 0) is 35.9 Å². The Balaban J connectivity index is 1.98. The van der Waals surface area contributed by atoms with E-state index in [1.165, 1.54) is 0 Å². The minimum absolute atomic E-state index is 0.0819. The molecule has 2 aromatic carbocycles. The molecule has 0 saturated carbocycles. The predicted molar refractivity (Wildman–Crippen MR) is 86.5 cm³/mol. The van der Waals surface area contributed by atoms with Crippen molar-refractivity contribution >= 4 is 17.5 Å². The molecule has 0 bridgehead atoms. The first-order valence-corrected chi connectivity index (χ1v) is 7.22. The average Bonchev–Trinajstić information content (AvgIpc) is 2.54. The van der Waals surface area contributed by atoms with Crippen LogP contribution in [-0.4, -0.2) is 20.1 Å².